The minimum atomic E-state index is 0.242. The lowest BCUT2D eigenvalue weighted by molar-refractivity contribution is 0.164. The number of aliphatic hydroxyl groups excluding tert-OH is 1. The Bertz CT molecular complexity index is 626. The number of rotatable bonds is 6. The van der Waals surface area contributed by atoms with Gasteiger partial charge in [-0.15, -0.1) is 0 Å². The van der Waals surface area contributed by atoms with Crippen LogP contribution in [0.5, 0.6) is 0 Å². The largest absolute Gasteiger partial charge is 0.396 e. The first-order valence-electron chi connectivity index (χ1n) is 8.13. The zero-order valence-corrected chi connectivity index (χ0v) is 13.2. The summed E-state index contributed by atoms with van der Waals surface area (Å²) >= 11 is 0. The van der Waals surface area contributed by atoms with Gasteiger partial charge in [0.1, 0.15) is 0 Å². The van der Waals surface area contributed by atoms with E-state index in [1.54, 1.807) is 0 Å². The number of fused-ring (bicyclic) bond motifs is 1. The lowest BCUT2D eigenvalue weighted by atomic mass is 10.1. The third-order valence-corrected chi connectivity index (χ3v) is 4.62. The molecule has 3 rings (SSSR count). The molecule has 1 unspecified atom stereocenters. The van der Waals surface area contributed by atoms with Crippen LogP contribution in [0.15, 0.2) is 42.6 Å². The normalized spacial score (nSPS) is 17.0. The molecular weight excluding hydrogens is 272 g/mol. The highest BCUT2D eigenvalue weighted by Gasteiger charge is 2.27. The van der Waals surface area contributed by atoms with E-state index in [0.717, 1.165) is 38.0 Å². The second kappa shape index (κ2) is 7.03. The van der Waals surface area contributed by atoms with Crippen molar-refractivity contribution >= 4 is 0 Å². The molecule has 1 atom stereocenters. The molecule has 1 N–H and O–H groups in total. The molecule has 22 heavy (non-hydrogen) atoms. The van der Waals surface area contributed by atoms with Crippen molar-refractivity contribution in [1.82, 2.24) is 9.88 Å². The summed E-state index contributed by atoms with van der Waals surface area (Å²) in [6.07, 6.45) is 4.99. The minimum Gasteiger partial charge on any atom is -0.396 e. The van der Waals surface area contributed by atoms with Crippen LogP contribution in [0.1, 0.15) is 41.3 Å². The van der Waals surface area contributed by atoms with Crippen LogP contribution >= 0.6 is 0 Å². The maximum atomic E-state index is 9.23. The van der Waals surface area contributed by atoms with Gasteiger partial charge >= 0.3 is 0 Å². The summed E-state index contributed by atoms with van der Waals surface area (Å²) in [5.41, 5.74) is 5.31. The first-order chi connectivity index (χ1) is 10.8. The molecule has 0 bridgehead atoms. The number of pyridine rings is 1. The van der Waals surface area contributed by atoms with Crippen molar-refractivity contribution in [2.24, 2.45) is 0 Å². The Labute approximate surface area is 132 Å². The molecule has 1 aromatic carbocycles. The summed E-state index contributed by atoms with van der Waals surface area (Å²) in [6.45, 7) is 4.12. The monoisotopic (exact) mass is 296 g/mol. The van der Waals surface area contributed by atoms with Crippen LogP contribution < -0.4 is 0 Å². The fraction of sp³-hybridized carbons (Fsp3) is 0.421. The Morgan fingerprint density at radius 2 is 2.09 bits per heavy atom. The summed E-state index contributed by atoms with van der Waals surface area (Å²) in [5.74, 6) is 0. The van der Waals surface area contributed by atoms with Crippen LogP contribution in [0, 0.1) is 6.92 Å². The molecule has 0 fully saturated rings. The van der Waals surface area contributed by atoms with Gasteiger partial charge in [-0.25, -0.2) is 0 Å². The average Bonchev–Trinajstić information content (AvgIpc) is 2.97. The van der Waals surface area contributed by atoms with Gasteiger partial charge in [-0.2, -0.15) is 0 Å². The summed E-state index contributed by atoms with van der Waals surface area (Å²) in [5, 5.41) is 9.23. The SMILES string of the molecule is Cc1cccnc1CN(CCCO)C1CCc2ccccc21. The van der Waals surface area contributed by atoms with Crippen LogP contribution in [0.4, 0.5) is 0 Å². The van der Waals surface area contributed by atoms with E-state index in [0.29, 0.717) is 6.04 Å². The molecule has 116 valence electrons. The van der Waals surface area contributed by atoms with Gasteiger partial charge in [-0.1, -0.05) is 30.3 Å². The Kier molecular flexibility index (Phi) is 4.86. The van der Waals surface area contributed by atoms with Crippen LogP contribution in [0.25, 0.3) is 0 Å². The third-order valence-electron chi connectivity index (χ3n) is 4.62. The van der Waals surface area contributed by atoms with E-state index in [1.165, 1.54) is 16.7 Å². The second-order valence-electron chi connectivity index (χ2n) is 6.07. The van der Waals surface area contributed by atoms with E-state index in [2.05, 4.69) is 47.1 Å². The fourth-order valence-corrected chi connectivity index (χ4v) is 3.41. The van der Waals surface area contributed by atoms with E-state index in [4.69, 9.17) is 0 Å². The van der Waals surface area contributed by atoms with E-state index < -0.39 is 0 Å². The number of hydrogen-bond acceptors (Lipinski definition) is 3. The van der Waals surface area contributed by atoms with Gasteiger partial charge in [-0.05, 0) is 48.9 Å². The summed E-state index contributed by atoms with van der Waals surface area (Å²) in [6, 6.07) is 13.3. The average molecular weight is 296 g/mol. The number of hydrogen-bond donors (Lipinski definition) is 1. The highest BCUT2D eigenvalue weighted by Crippen LogP contribution is 2.36. The zero-order chi connectivity index (χ0) is 15.4. The molecule has 2 aromatic rings. The number of nitrogens with zero attached hydrogens (tertiary/aromatic N) is 2. The predicted octanol–water partition coefficient (Wildman–Crippen LogP) is 3.26. The molecule has 1 heterocycles. The van der Waals surface area contributed by atoms with Crippen molar-refractivity contribution in [1.29, 1.82) is 0 Å². The summed E-state index contributed by atoms with van der Waals surface area (Å²) in [4.78, 5) is 7.03. The van der Waals surface area contributed by atoms with Crippen molar-refractivity contribution in [3.63, 3.8) is 0 Å². The van der Waals surface area contributed by atoms with Gasteiger partial charge in [0, 0.05) is 31.9 Å². The first-order valence-corrected chi connectivity index (χ1v) is 8.13. The molecule has 0 amide bonds. The van der Waals surface area contributed by atoms with E-state index in [-0.39, 0.29) is 6.61 Å². The number of aryl methyl sites for hydroxylation is 2. The molecule has 0 spiro atoms. The Morgan fingerprint density at radius 3 is 2.91 bits per heavy atom. The van der Waals surface area contributed by atoms with Crippen LogP contribution in [-0.4, -0.2) is 28.1 Å². The number of aliphatic hydroxyl groups is 1. The van der Waals surface area contributed by atoms with Gasteiger partial charge in [-0.3, -0.25) is 9.88 Å². The van der Waals surface area contributed by atoms with Crippen molar-refractivity contribution in [2.45, 2.75) is 38.8 Å². The smallest absolute Gasteiger partial charge is 0.0573 e. The number of aromatic nitrogens is 1. The summed E-state index contributed by atoms with van der Waals surface area (Å²) < 4.78 is 0. The lowest BCUT2D eigenvalue weighted by Gasteiger charge is -2.29. The highest BCUT2D eigenvalue weighted by atomic mass is 16.3. The lowest BCUT2D eigenvalue weighted by Crippen LogP contribution is -2.29. The van der Waals surface area contributed by atoms with Gasteiger partial charge < -0.3 is 5.11 Å². The molecule has 0 saturated carbocycles. The molecule has 0 radical (unpaired) electrons. The molecule has 1 aliphatic rings. The van der Waals surface area contributed by atoms with Crippen molar-refractivity contribution in [3.05, 3.63) is 65.0 Å². The minimum absolute atomic E-state index is 0.242. The van der Waals surface area contributed by atoms with Gasteiger partial charge in [0.15, 0.2) is 0 Å². The number of benzene rings is 1. The van der Waals surface area contributed by atoms with Gasteiger partial charge in [0.25, 0.3) is 0 Å². The first kappa shape index (κ1) is 15.2. The molecule has 3 nitrogen and oxygen atoms in total. The molecule has 0 saturated heterocycles. The Hall–Kier alpha value is -1.71. The molecule has 1 aromatic heterocycles. The second-order valence-corrected chi connectivity index (χ2v) is 6.07. The van der Waals surface area contributed by atoms with Crippen molar-refractivity contribution < 1.29 is 5.11 Å². The van der Waals surface area contributed by atoms with Crippen molar-refractivity contribution in [2.75, 3.05) is 13.2 Å². The van der Waals surface area contributed by atoms with Crippen LogP contribution in [0.3, 0.4) is 0 Å². The van der Waals surface area contributed by atoms with Gasteiger partial charge in [0.2, 0.25) is 0 Å². The van der Waals surface area contributed by atoms with Gasteiger partial charge in [0.05, 0.1) is 5.69 Å². The topological polar surface area (TPSA) is 36.4 Å². The maximum absolute atomic E-state index is 9.23. The summed E-state index contributed by atoms with van der Waals surface area (Å²) in [7, 11) is 0. The maximum Gasteiger partial charge on any atom is 0.0573 e. The van der Waals surface area contributed by atoms with E-state index in [9.17, 15) is 5.11 Å². The predicted molar refractivity (Wildman–Crippen MR) is 88.6 cm³/mol. The van der Waals surface area contributed by atoms with E-state index >= 15 is 0 Å². The van der Waals surface area contributed by atoms with Crippen LogP contribution in [0.2, 0.25) is 0 Å². The van der Waals surface area contributed by atoms with E-state index in [1.807, 2.05) is 12.3 Å². The third kappa shape index (κ3) is 3.21. The highest BCUT2D eigenvalue weighted by molar-refractivity contribution is 5.34. The molecule has 3 heteroatoms. The fourth-order valence-electron chi connectivity index (χ4n) is 3.41. The quantitative estimate of drug-likeness (QED) is 0.889. The molecular formula is C19H24N2O. The standard InChI is InChI=1S/C19H24N2O/c1-15-6-4-11-20-18(15)14-21(12-5-13-22)19-10-9-16-7-2-3-8-17(16)19/h2-4,6-8,11,19,22H,5,9-10,12-14H2,1H3. The van der Waals surface area contributed by atoms with Crippen LogP contribution in [-0.2, 0) is 13.0 Å². The molecule has 0 aliphatic heterocycles. The Morgan fingerprint density at radius 1 is 1.23 bits per heavy atom. The molecule has 1 aliphatic carbocycles. The van der Waals surface area contributed by atoms with Crippen molar-refractivity contribution in [3.8, 4) is 0 Å². The Balaban J connectivity index is 1.83. The zero-order valence-electron chi connectivity index (χ0n) is 13.2.